The third-order valence-electron chi connectivity index (χ3n) is 5.30. The molecule has 0 spiro atoms. The molecule has 3 amide bonds. The fraction of sp³-hybridized carbons (Fsp3) is 0.400. The van der Waals surface area contributed by atoms with Crippen LogP contribution in [-0.2, 0) is 16.1 Å². The van der Waals surface area contributed by atoms with Gasteiger partial charge in [-0.25, -0.2) is 0 Å². The van der Waals surface area contributed by atoms with Gasteiger partial charge in [0.2, 0.25) is 11.8 Å². The zero-order chi connectivity index (χ0) is 23.1. The quantitative estimate of drug-likeness (QED) is 0.530. The normalized spacial score (nSPS) is 13.9. The lowest BCUT2D eigenvalue weighted by Gasteiger charge is -2.22. The van der Waals surface area contributed by atoms with E-state index in [-0.39, 0.29) is 29.6 Å². The maximum atomic E-state index is 12.8. The van der Waals surface area contributed by atoms with Gasteiger partial charge in [0.1, 0.15) is 11.8 Å². The number of nitrogens with one attached hydrogen (secondary N) is 3. The summed E-state index contributed by atoms with van der Waals surface area (Å²) >= 11 is 0. The van der Waals surface area contributed by atoms with E-state index < -0.39 is 6.04 Å². The van der Waals surface area contributed by atoms with Crippen LogP contribution in [0.15, 0.2) is 48.5 Å². The molecule has 2 aromatic carbocycles. The van der Waals surface area contributed by atoms with Gasteiger partial charge in [-0.3, -0.25) is 14.4 Å². The van der Waals surface area contributed by atoms with Crippen LogP contribution in [0.25, 0.3) is 0 Å². The van der Waals surface area contributed by atoms with Crippen LogP contribution < -0.4 is 20.7 Å². The molecule has 0 radical (unpaired) electrons. The molecule has 32 heavy (non-hydrogen) atoms. The van der Waals surface area contributed by atoms with Gasteiger partial charge >= 0.3 is 0 Å². The number of rotatable bonds is 10. The van der Waals surface area contributed by atoms with Crippen molar-refractivity contribution in [3.8, 4) is 5.75 Å². The van der Waals surface area contributed by atoms with Gasteiger partial charge in [0.15, 0.2) is 0 Å². The Balaban J connectivity index is 1.52. The van der Waals surface area contributed by atoms with E-state index in [0.29, 0.717) is 24.5 Å². The molecule has 7 heteroatoms. The second-order valence-corrected chi connectivity index (χ2v) is 8.33. The molecular formula is C25H31N3O4. The first-order valence-electron chi connectivity index (χ1n) is 11.1. The molecule has 0 aliphatic heterocycles. The summed E-state index contributed by atoms with van der Waals surface area (Å²) in [6.45, 7) is 6.56. The van der Waals surface area contributed by atoms with Crippen LogP contribution in [0.2, 0.25) is 0 Å². The predicted molar refractivity (Wildman–Crippen MR) is 123 cm³/mol. The van der Waals surface area contributed by atoms with Crippen LogP contribution in [-0.4, -0.2) is 30.4 Å². The lowest BCUT2D eigenvalue weighted by Crippen LogP contribution is -2.49. The molecule has 0 bridgehead atoms. The minimum atomic E-state index is -0.661. The Hall–Kier alpha value is -3.35. The lowest BCUT2D eigenvalue weighted by atomic mass is 10.0. The van der Waals surface area contributed by atoms with Crippen molar-refractivity contribution in [1.29, 1.82) is 0 Å². The average molecular weight is 438 g/mol. The van der Waals surface area contributed by atoms with Gasteiger partial charge in [0, 0.05) is 23.7 Å². The molecular weight excluding hydrogens is 406 g/mol. The number of benzene rings is 2. The monoisotopic (exact) mass is 437 g/mol. The molecule has 0 heterocycles. The number of amides is 3. The zero-order valence-electron chi connectivity index (χ0n) is 18.8. The van der Waals surface area contributed by atoms with E-state index in [2.05, 4.69) is 16.0 Å². The van der Waals surface area contributed by atoms with Crippen molar-refractivity contribution in [2.75, 3.05) is 11.9 Å². The highest BCUT2D eigenvalue weighted by Crippen LogP contribution is 2.30. The van der Waals surface area contributed by atoms with Crippen molar-refractivity contribution < 1.29 is 19.1 Å². The minimum Gasteiger partial charge on any atom is -0.494 e. The van der Waals surface area contributed by atoms with Crippen LogP contribution in [0.1, 0.15) is 49.5 Å². The highest BCUT2D eigenvalue weighted by Gasteiger charge is 2.29. The molecule has 1 saturated carbocycles. The van der Waals surface area contributed by atoms with Gasteiger partial charge < -0.3 is 20.7 Å². The summed E-state index contributed by atoms with van der Waals surface area (Å²) in [5.74, 6) is 0.277. The zero-order valence-corrected chi connectivity index (χ0v) is 18.8. The van der Waals surface area contributed by atoms with E-state index >= 15 is 0 Å². The lowest BCUT2D eigenvalue weighted by molar-refractivity contribution is -0.124. The van der Waals surface area contributed by atoms with Crippen molar-refractivity contribution in [1.82, 2.24) is 10.6 Å². The minimum absolute atomic E-state index is 0.0640. The summed E-state index contributed by atoms with van der Waals surface area (Å²) in [5.41, 5.74) is 2.12. The van der Waals surface area contributed by atoms with Crippen LogP contribution in [0, 0.1) is 11.8 Å². The molecule has 0 aromatic heterocycles. The first-order valence-corrected chi connectivity index (χ1v) is 11.1. The van der Waals surface area contributed by atoms with Crippen molar-refractivity contribution >= 4 is 23.4 Å². The maximum Gasteiger partial charge on any atom is 0.251 e. The van der Waals surface area contributed by atoms with E-state index in [4.69, 9.17) is 4.74 Å². The summed E-state index contributed by atoms with van der Waals surface area (Å²) in [7, 11) is 0. The molecule has 2 aromatic rings. The third-order valence-corrected chi connectivity index (χ3v) is 5.30. The van der Waals surface area contributed by atoms with E-state index in [0.717, 1.165) is 24.1 Å². The Labute approximate surface area is 188 Å². The maximum absolute atomic E-state index is 12.8. The summed E-state index contributed by atoms with van der Waals surface area (Å²) < 4.78 is 5.39. The number of ether oxygens (including phenoxy) is 1. The van der Waals surface area contributed by atoms with E-state index in [1.165, 1.54) is 0 Å². The number of hydrogen-bond acceptors (Lipinski definition) is 4. The van der Waals surface area contributed by atoms with Crippen LogP contribution in [0.4, 0.5) is 5.69 Å². The van der Waals surface area contributed by atoms with E-state index in [1.54, 1.807) is 24.3 Å². The molecule has 3 N–H and O–H groups in total. The summed E-state index contributed by atoms with van der Waals surface area (Å²) in [4.78, 5) is 37.2. The largest absolute Gasteiger partial charge is 0.494 e. The van der Waals surface area contributed by atoms with Crippen molar-refractivity contribution in [3.05, 3.63) is 59.7 Å². The molecule has 1 fully saturated rings. The number of anilines is 1. The Morgan fingerprint density at radius 1 is 1.00 bits per heavy atom. The highest BCUT2D eigenvalue weighted by atomic mass is 16.5. The van der Waals surface area contributed by atoms with Gasteiger partial charge in [0.25, 0.3) is 5.91 Å². The Bertz CT molecular complexity index is 935. The average Bonchev–Trinajstić information content (AvgIpc) is 3.63. The third kappa shape index (κ3) is 6.57. The molecule has 1 atom stereocenters. The molecule has 1 aliphatic carbocycles. The molecule has 0 saturated heterocycles. The van der Waals surface area contributed by atoms with Crippen LogP contribution in [0.5, 0.6) is 5.75 Å². The molecule has 0 unspecified atom stereocenters. The summed E-state index contributed by atoms with van der Waals surface area (Å²) in [6, 6.07) is 13.6. The fourth-order valence-corrected chi connectivity index (χ4v) is 3.22. The highest BCUT2D eigenvalue weighted by molar-refractivity contribution is 5.97. The van der Waals surface area contributed by atoms with Crippen molar-refractivity contribution in [2.45, 2.75) is 46.2 Å². The molecule has 170 valence electrons. The van der Waals surface area contributed by atoms with Crippen LogP contribution >= 0.6 is 0 Å². The van der Waals surface area contributed by atoms with Crippen LogP contribution in [0.3, 0.4) is 0 Å². The Morgan fingerprint density at radius 3 is 2.22 bits per heavy atom. The van der Waals surface area contributed by atoms with E-state index in [1.807, 2.05) is 45.0 Å². The topological polar surface area (TPSA) is 96.5 Å². The second kappa shape index (κ2) is 10.8. The molecule has 7 nitrogen and oxygen atoms in total. The van der Waals surface area contributed by atoms with Crippen molar-refractivity contribution in [2.24, 2.45) is 11.8 Å². The number of carbonyl (C=O) groups excluding carboxylic acids is 3. The molecule has 3 rings (SSSR count). The van der Waals surface area contributed by atoms with Gasteiger partial charge in [-0.15, -0.1) is 0 Å². The summed E-state index contributed by atoms with van der Waals surface area (Å²) in [5, 5.41) is 8.61. The summed E-state index contributed by atoms with van der Waals surface area (Å²) in [6.07, 6.45) is 1.92. The first kappa shape index (κ1) is 23.3. The van der Waals surface area contributed by atoms with E-state index in [9.17, 15) is 14.4 Å². The Kier molecular flexibility index (Phi) is 7.87. The standard InChI is InChI=1S/C25H31N3O4/c1-4-32-21-13-9-19(10-14-21)24(30)28-22(16(2)3)25(31)26-15-17-5-11-20(12-6-17)27-23(29)18-7-8-18/h5-6,9-14,16,18,22H,4,7-8,15H2,1-3H3,(H,26,31)(H,27,29)(H,28,30)/t22-/m0/s1. The van der Waals surface area contributed by atoms with Crippen molar-refractivity contribution in [3.63, 3.8) is 0 Å². The SMILES string of the molecule is CCOc1ccc(C(=O)N[C@H](C(=O)NCc2ccc(NC(=O)C3CC3)cc2)C(C)C)cc1. The number of carbonyl (C=O) groups is 3. The van der Waals surface area contributed by atoms with Gasteiger partial charge in [-0.05, 0) is 67.6 Å². The fourth-order valence-electron chi connectivity index (χ4n) is 3.22. The van der Waals surface area contributed by atoms with Gasteiger partial charge in [0.05, 0.1) is 6.61 Å². The number of hydrogen-bond donors (Lipinski definition) is 3. The van der Waals surface area contributed by atoms with Gasteiger partial charge in [-0.1, -0.05) is 26.0 Å². The predicted octanol–water partition coefficient (Wildman–Crippen LogP) is 3.50. The molecule has 1 aliphatic rings. The second-order valence-electron chi connectivity index (χ2n) is 8.33. The first-order chi connectivity index (χ1) is 15.4. The Morgan fingerprint density at radius 2 is 1.66 bits per heavy atom. The van der Waals surface area contributed by atoms with Gasteiger partial charge in [-0.2, -0.15) is 0 Å². The smallest absolute Gasteiger partial charge is 0.251 e.